The number of carboxylic acid groups (broad SMARTS) is 1. The third kappa shape index (κ3) is 3.52. The second-order valence-electron chi connectivity index (χ2n) is 5.56. The molecular weight excluding hydrogens is 336 g/mol. The van der Waals surface area contributed by atoms with Crippen molar-refractivity contribution in [2.24, 2.45) is 0 Å². The minimum absolute atomic E-state index is 0.724. The van der Waals surface area contributed by atoms with Crippen molar-refractivity contribution in [2.45, 2.75) is 61.4 Å². The summed E-state index contributed by atoms with van der Waals surface area (Å²) in [5.41, 5.74) is 0. The molecule has 0 aromatic rings. The first-order chi connectivity index (χ1) is 11.2. The maximum Gasteiger partial charge on any atom is 0.335 e. The molecule has 24 heavy (non-hydrogen) atoms. The van der Waals surface area contributed by atoms with Gasteiger partial charge in [-0.05, 0) is 0 Å². The van der Waals surface area contributed by atoms with Crippen LogP contribution in [0.15, 0.2) is 0 Å². The molecule has 140 valence electrons. The zero-order valence-corrected chi connectivity index (χ0v) is 12.2. The van der Waals surface area contributed by atoms with Crippen LogP contribution in [0.5, 0.6) is 0 Å². The molecule has 2 rings (SSSR count). The molecule has 10 atom stereocenters. The highest BCUT2D eigenvalue weighted by molar-refractivity contribution is 5.73. The monoisotopic (exact) mass is 356 g/mol. The quantitative estimate of drug-likeness (QED) is 0.238. The summed E-state index contributed by atoms with van der Waals surface area (Å²) in [6.07, 6.45) is -17.8. The topological polar surface area (TPSA) is 207 Å². The smallest absolute Gasteiger partial charge is 0.335 e. The van der Waals surface area contributed by atoms with E-state index in [1.165, 1.54) is 0 Å². The zero-order valence-electron chi connectivity index (χ0n) is 12.2. The maximum absolute atomic E-state index is 11.0. The lowest BCUT2D eigenvalue weighted by Crippen LogP contribution is -2.65. The van der Waals surface area contributed by atoms with E-state index in [1.807, 2.05) is 0 Å². The Labute approximate surface area is 135 Å². The van der Waals surface area contributed by atoms with Gasteiger partial charge in [-0.2, -0.15) is 0 Å². The van der Waals surface area contributed by atoms with E-state index in [0.717, 1.165) is 0 Å². The van der Waals surface area contributed by atoms with Crippen molar-refractivity contribution in [3.63, 3.8) is 0 Å². The fraction of sp³-hybridized carbons (Fsp3) is 0.917. The molecule has 12 nitrogen and oxygen atoms in total. The number of hydrogen-bond donors (Lipinski definition) is 8. The van der Waals surface area contributed by atoms with Gasteiger partial charge < -0.3 is 55.1 Å². The molecule has 8 N–H and O–H groups in total. The Kier molecular flexibility index (Phi) is 6.09. The molecule has 0 amide bonds. The second-order valence-corrected chi connectivity index (χ2v) is 5.56. The number of rotatable bonds is 4. The average molecular weight is 356 g/mol. The van der Waals surface area contributed by atoms with Crippen LogP contribution in [0.25, 0.3) is 0 Å². The van der Waals surface area contributed by atoms with Crippen LogP contribution in [0.1, 0.15) is 0 Å². The first kappa shape index (κ1) is 19.4. The van der Waals surface area contributed by atoms with Gasteiger partial charge in [-0.1, -0.05) is 0 Å². The van der Waals surface area contributed by atoms with Gasteiger partial charge in [0.15, 0.2) is 18.7 Å². The highest BCUT2D eigenvalue weighted by atomic mass is 16.7. The number of aliphatic hydroxyl groups is 7. The molecule has 2 fully saturated rings. The summed E-state index contributed by atoms with van der Waals surface area (Å²) >= 11 is 0. The van der Waals surface area contributed by atoms with Gasteiger partial charge in [0.2, 0.25) is 0 Å². The number of hydrogen-bond acceptors (Lipinski definition) is 11. The van der Waals surface area contributed by atoms with Crippen molar-refractivity contribution >= 4 is 5.97 Å². The highest BCUT2D eigenvalue weighted by Crippen LogP contribution is 2.28. The predicted octanol–water partition coefficient (Wildman–Crippen LogP) is -5.30. The number of carbonyl (C=O) groups is 1. The first-order valence-electron chi connectivity index (χ1n) is 7.07. The van der Waals surface area contributed by atoms with Crippen LogP contribution in [0, 0.1) is 0 Å². The first-order valence-corrected chi connectivity index (χ1v) is 7.07. The van der Waals surface area contributed by atoms with Crippen molar-refractivity contribution in [3.05, 3.63) is 0 Å². The number of aliphatic carboxylic acids is 1. The van der Waals surface area contributed by atoms with Crippen molar-refractivity contribution in [1.82, 2.24) is 0 Å². The summed E-state index contributed by atoms with van der Waals surface area (Å²) in [5.74, 6) is -1.64. The molecule has 0 saturated carbocycles. The van der Waals surface area contributed by atoms with E-state index in [4.69, 9.17) is 24.4 Å². The van der Waals surface area contributed by atoms with E-state index in [2.05, 4.69) is 0 Å². The standard InChI is InChI=1S/C12H20O12/c13-1-2-3(14)8(7(18)11(21)22-2)23-12-6(17)4(15)5(16)9(24-12)10(19)20/h2-9,11-18,21H,1H2,(H,19,20)/t2-,3-,4+,5+,6-,7-,8+,9+,11+,12+/m1/s1. The number of aliphatic hydroxyl groups excluding tert-OH is 7. The molecule has 0 aliphatic carbocycles. The molecular formula is C12H20O12. The third-order valence-corrected chi connectivity index (χ3v) is 3.94. The molecule has 0 aromatic carbocycles. The van der Waals surface area contributed by atoms with E-state index in [0.29, 0.717) is 0 Å². The lowest BCUT2D eigenvalue weighted by molar-refractivity contribution is -0.351. The summed E-state index contributed by atoms with van der Waals surface area (Å²) in [6, 6.07) is 0. The third-order valence-electron chi connectivity index (χ3n) is 3.94. The molecule has 2 saturated heterocycles. The van der Waals surface area contributed by atoms with Crippen LogP contribution in [-0.2, 0) is 19.0 Å². The van der Waals surface area contributed by atoms with Crippen LogP contribution >= 0.6 is 0 Å². The summed E-state index contributed by atoms with van der Waals surface area (Å²) in [5, 5.41) is 76.4. The van der Waals surface area contributed by atoms with Gasteiger partial charge in [0.05, 0.1) is 6.61 Å². The summed E-state index contributed by atoms with van der Waals surface area (Å²) in [4.78, 5) is 11.0. The Bertz CT molecular complexity index is 446. The van der Waals surface area contributed by atoms with Gasteiger partial charge in [0, 0.05) is 0 Å². The van der Waals surface area contributed by atoms with Crippen LogP contribution < -0.4 is 0 Å². The van der Waals surface area contributed by atoms with Crippen LogP contribution in [0.3, 0.4) is 0 Å². The van der Waals surface area contributed by atoms with E-state index in [9.17, 15) is 35.4 Å². The van der Waals surface area contributed by atoms with Crippen molar-refractivity contribution in [2.75, 3.05) is 6.61 Å². The van der Waals surface area contributed by atoms with Gasteiger partial charge in [0.1, 0.15) is 42.7 Å². The van der Waals surface area contributed by atoms with Gasteiger partial charge in [-0.3, -0.25) is 0 Å². The summed E-state index contributed by atoms with van der Waals surface area (Å²) in [6.45, 7) is -0.724. The Hall–Kier alpha value is -0.930. The van der Waals surface area contributed by atoms with E-state index >= 15 is 0 Å². The molecule has 12 heteroatoms. The van der Waals surface area contributed by atoms with Gasteiger partial charge >= 0.3 is 5.97 Å². The van der Waals surface area contributed by atoms with E-state index in [1.54, 1.807) is 0 Å². The normalized spacial score (nSPS) is 49.8. The average Bonchev–Trinajstić information content (AvgIpc) is 2.54. The Balaban J connectivity index is 2.16. The second kappa shape index (κ2) is 7.53. The molecule has 0 aromatic heterocycles. The zero-order chi connectivity index (χ0) is 18.2. The lowest BCUT2D eigenvalue weighted by atomic mass is 9.97. The lowest BCUT2D eigenvalue weighted by Gasteiger charge is -2.44. The molecule has 0 bridgehead atoms. The molecule has 0 spiro atoms. The van der Waals surface area contributed by atoms with E-state index in [-0.39, 0.29) is 0 Å². The SMILES string of the molecule is O=C(O)[C@H]1O[C@H](O[C@@H]2[C@@H](O)[C@@H](O)O[C@H](CO)[C@H]2O)[C@H](O)[C@@H](O)[C@@H]1O. The highest BCUT2D eigenvalue weighted by Gasteiger charge is 2.51. The van der Waals surface area contributed by atoms with Crippen molar-refractivity contribution < 1.29 is 59.9 Å². The Morgan fingerprint density at radius 1 is 0.875 bits per heavy atom. The number of carboxylic acids is 1. The van der Waals surface area contributed by atoms with Gasteiger partial charge in [-0.25, -0.2) is 4.79 Å². The minimum atomic E-state index is -1.93. The molecule has 2 aliphatic heterocycles. The van der Waals surface area contributed by atoms with Gasteiger partial charge in [0.25, 0.3) is 0 Å². The predicted molar refractivity (Wildman–Crippen MR) is 69.2 cm³/mol. The van der Waals surface area contributed by atoms with Crippen LogP contribution in [0.2, 0.25) is 0 Å². The van der Waals surface area contributed by atoms with Crippen LogP contribution in [0.4, 0.5) is 0 Å². The molecule has 0 radical (unpaired) electrons. The largest absolute Gasteiger partial charge is 0.479 e. The Morgan fingerprint density at radius 3 is 2.04 bits per heavy atom. The molecule has 2 aliphatic rings. The fourth-order valence-electron chi connectivity index (χ4n) is 2.55. The molecule has 0 unspecified atom stereocenters. The van der Waals surface area contributed by atoms with E-state index < -0.39 is 74.0 Å². The van der Waals surface area contributed by atoms with Crippen LogP contribution in [-0.4, -0.2) is 115 Å². The summed E-state index contributed by atoms with van der Waals surface area (Å²) < 4.78 is 14.7. The summed E-state index contributed by atoms with van der Waals surface area (Å²) in [7, 11) is 0. The molecule has 2 heterocycles. The van der Waals surface area contributed by atoms with Crippen molar-refractivity contribution in [3.8, 4) is 0 Å². The fourth-order valence-corrected chi connectivity index (χ4v) is 2.55. The minimum Gasteiger partial charge on any atom is -0.479 e. The number of ether oxygens (including phenoxy) is 3. The maximum atomic E-state index is 11.0. The van der Waals surface area contributed by atoms with Gasteiger partial charge in [-0.15, -0.1) is 0 Å². The van der Waals surface area contributed by atoms with Crippen molar-refractivity contribution in [1.29, 1.82) is 0 Å². The Morgan fingerprint density at radius 2 is 1.50 bits per heavy atom.